The van der Waals surface area contributed by atoms with E-state index >= 15 is 0 Å². The molecule has 0 saturated heterocycles. The van der Waals surface area contributed by atoms with Crippen LogP contribution in [0.25, 0.3) is 11.0 Å². The third-order valence-corrected chi connectivity index (χ3v) is 4.53. The minimum Gasteiger partial charge on any atom is -0.481 e. The molecule has 26 heavy (non-hydrogen) atoms. The zero-order valence-electron chi connectivity index (χ0n) is 13.9. The highest BCUT2D eigenvalue weighted by Crippen LogP contribution is 2.38. The Morgan fingerprint density at radius 2 is 2.23 bits per heavy atom. The summed E-state index contributed by atoms with van der Waals surface area (Å²) in [4.78, 5) is 28.8. The van der Waals surface area contributed by atoms with E-state index in [4.69, 9.17) is 4.63 Å². The van der Waals surface area contributed by atoms with Crippen molar-refractivity contribution < 1.29 is 14.5 Å². The van der Waals surface area contributed by atoms with Crippen LogP contribution in [0.4, 0.5) is 5.82 Å². The molecule has 1 aromatic carbocycles. The van der Waals surface area contributed by atoms with Gasteiger partial charge in [-0.25, -0.2) is 14.3 Å². The van der Waals surface area contributed by atoms with E-state index in [1.165, 1.54) is 10.7 Å². The summed E-state index contributed by atoms with van der Waals surface area (Å²) in [7, 11) is 0. The predicted octanol–water partition coefficient (Wildman–Crippen LogP) is 1.77. The van der Waals surface area contributed by atoms with Gasteiger partial charge in [-0.1, -0.05) is 18.2 Å². The Kier molecular flexibility index (Phi) is 3.57. The third kappa shape index (κ3) is 2.20. The van der Waals surface area contributed by atoms with E-state index in [-0.39, 0.29) is 12.1 Å². The van der Waals surface area contributed by atoms with E-state index in [1.54, 1.807) is 35.9 Å². The molecule has 1 N–H and O–H groups in total. The van der Waals surface area contributed by atoms with Crippen molar-refractivity contribution in [2.24, 2.45) is 10.9 Å². The lowest BCUT2D eigenvalue weighted by atomic mass is 9.87. The number of rotatable bonds is 4. The van der Waals surface area contributed by atoms with Crippen LogP contribution in [0.2, 0.25) is 0 Å². The summed E-state index contributed by atoms with van der Waals surface area (Å²) in [6.45, 7) is 5.54. The molecule has 0 fully saturated rings. The number of aliphatic carboxylic acids is 1. The van der Waals surface area contributed by atoms with Crippen LogP contribution in [0, 0.1) is 5.92 Å². The van der Waals surface area contributed by atoms with Gasteiger partial charge in [0.2, 0.25) is 0 Å². The summed E-state index contributed by atoms with van der Waals surface area (Å²) in [6.07, 6.45) is 1.57. The number of hydrogen-bond donors (Lipinski definition) is 1. The predicted molar refractivity (Wildman–Crippen MR) is 92.7 cm³/mol. The first kappa shape index (κ1) is 16.0. The molecular weight excluding hydrogens is 338 g/mol. The molecule has 4 rings (SSSR count). The summed E-state index contributed by atoms with van der Waals surface area (Å²) >= 11 is 0. The lowest BCUT2D eigenvalue weighted by Gasteiger charge is -2.31. The smallest absolute Gasteiger partial charge is 0.314 e. The Morgan fingerprint density at radius 3 is 2.96 bits per heavy atom. The van der Waals surface area contributed by atoms with Crippen molar-refractivity contribution in [1.82, 2.24) is 19.7 Å². The van der Waals surface area contributed by atoms with E-state index in [2.05, 4.69) is 21.9 Å². The van der Waals surface area contributed by atoms with Gasteiger partial charge in [0.25, 0.3) is 5.56 Å². The fraction of sp³-hybridized carbons (Fsp3) is 0.235. The molecule has 3 heterocycles. The molecule has 2 aromatic heterocycles. The van der Waals surface area contributed by atoms with Gasteiger partial charge in [-0.05, 0) is 23.3 Å². The summed E-state index contributed by atoms with van der Waals surface area (Å²) in [5.74, 6) is -1.61. The van der Waals surface area contributed by atoms with Gasteiger partial charge in [0.1, 0.15) is 17.0 Å². The summed E-state index contributed by atoms with van der Waals surface area (Å²) in [5, 5.41) is 17.6. The maximum Gasteiger partial charge on any atom is 0.314 e. The Morgan fingerprint density at radius 1 is 1.42 bits per heavy atom. The molecule has 9 nitrogen and oxygen atoms in total. The van der Waals surface area contributed by atoms with Crippen LogP contribution in [0.5, 0.6) is 0 Å². The van der Waals surface area contributed by atoms with Crippen molar-refractivity contribution in [3.63, 3.8) is 0 Å². The first-order valence-electron chi connectivity index (χ1n) is 7.95. The van der Waals surface area contributed by atoms with E-state index in [0.717, 1.165) is 0 Å². The summed E-state index contributed by atoms with van der Waals surface area (Å²) in [5.41, 5.74) is 1.69. The van der Waals surface area contributed by atoms with Gasteiger partial charge in [-0.3, -0.25) is 14.3 Å². The number of aliphatic imine (C=N–C) groups is 1. The monoisotopic (exact) mass is 353 g/mol. The highest BCUT2D eigenvalue weighted by molar-refractivity contribution is 6.03. The van der Waals surface area contributed by atoms with Crippen molar-refractivity contribution in [2.75, 3.05) is 0 Å². The lowest BCUT2D eigenvalue weighted by molar-refractivity contribution is -0.140. The molecule has 2 atom stereocenters. The second-order valence-corrected chi connectivity index (χ2v) is 6.05. The van der Waals surface area contributed by atoms with E-state index in [9.17, 15) is 14.7 Å². The maximum atomic E-state index is 12.4. The number of nitrogens with zero attached hydrogens (tertiary/aromatic N) is 5. The molecule has 0 saturated carbocycles. The molecule has 0 amide bonds. The van der Waals surface area contributed by atoms with Crippen molar-refractivity contribution in [1.29, 1.82) is 0 Å². The first-order chi connectivity index (χ1) is 12.5. The van der Waals surface area contributed by atoms with E-state index < -0.39 is 17.9 Å². The second-order valence-electron chi connectivity index (χ2n) is 6.05. The van der Waals surface area contributed by atoms with Crippen LogP contribution in [0.15, 0.2) is 51.3 Å². The fourth-order valence-corrected chi connectivity index (χ4v) is 3.47. The highest BCUT2D eigenvalue weighted by Gasteiger charge is 2.40. The molecule has 0 bridgehead atoms. The van der Waals surface area contributed by atoms with Gasteiger partial charge in [-0.15, -0.1) is 6.58 Å². The molecule has 0 spiro atoms. The Hall–Kier alpha value is -3.49. The van der Waals surface area contributed by atoms with E-state index in [1.807, 2.05) is 0 Å². The number of aromatic nitrogens is 4. The minimum absolute atomic E-state index is 0.225. The zero-order chi connectivity index (χ0) is 18.4. The largest absolute Gasteiger partial charge is 0.481 e. The van der Waals surface area contributed by atoms with Crippen LogP contribution < -0.4 is 5.56 Å². The highest BCUT2D eigenvalue weighted by atomic mass is 16.6. The fourth-order valence-electron chi connectivity index (χ4n) is 3.47. The molecule has 0 aliphatic carbocycles. The van der Waals surface area contributed by atoms with Crippen LogP contribution in [0.3, 0.4) is 0 Å². The number of carboxylic acid groups (broad SMARTS) is 1. The first-order valence-corrected chi connectivity index (χ1v) is 7.95. The molecule has 0 radical (unpaired) electrons. The number of carbonyl (C=O) groups is 1. The zero-order valence-corrected chi connectivity index (χ0v) is 13.9. The van der Waals surface area contributed by atoms with Crippen LogP contribution in [-0.4, -0.2) is 36.5 Å². The van der Waals surface area contributed by atoms with Gasteiger partial charge in [0.05, 0.1) is 12.6 Å². The standard InChI is InChI=1S/C17H15N5O4/c1-3-7-21-13(23)8-12-18-9(2)14(17(24)25)16(22(12)21)10-5-4-6-11-15(10)20-26-19-11/h3-6,8,14,16H,1,7H2,2H3,(H,24,25). The Balaban J connectivity index is 2.06. The molecule has 1 aliphatic rings. The van der Waals surface area contributed by atoms with Crippen molar-refractivity contribution in [3.05, 3.63) is 52.8 Å². The van der Waals surface area contributed by atoms with Gasteiger partial charge in [-0.2, -0.15) is 0 Å². The Labute approximate surface area is 146 Å². The topological polar surface area (TPSA) is 116 Å². The van der Waals surface area contributed by atoms with Gasteiger partial charge in [0.15, 0.2) is 5.82 Å². The minimum atomic E-state index is -1.04. The average molecular weight is 353 g/mol. The molecular formula is C17H15N5O4. The molecule has 9 heteroatoms. The van der Waals surface area contributed by atoms with Gasteiger partial charge < -0.3 is 5.11 Å². The number of carboxylic acids is 1. The number of allylic oxidation sites excluding steroid dienone is 1. The van der Waals surface area contributed by atoms with Crippen molar-refractivity contribution in [3.8, 4) is 0 Å². The second kappa shape index (κ2) is 5.80. The number of hydrogen-bond acceptors (Lipinski definition) is 6. The number of fused-ring (bicyclic) bond motifs is 2. The van der Waals surface area contributed by atoms with Crippen molar-refractivity contribution >= 4 is 28.5 Å². The molecule has 1 aliphatic heterocycles. The molecule has 132 valence electrons. The van der Waals surface area contributed by atoms with Crippen LogP contribution >= 0.6 is 0 Å². The SMILES string of the molecule is C=CCn1c(=O)cc2n1C(c1cccc3nonc13)C(C(=O)O)C(C)=N2. The molecule has 3 aromatic rings. The summed E-state index contributed by atoms with van der Waals surface area (Å²) < 4.78 is 7.84. The van der Waals surface area contributed by atoms with Crippen LogP contribution in [-0.2, 0) is 11.3 Å². The number of benzene rings is 1. The summed E-state index contributed by atoms with van der Waals surface area (Å²) in [6, 6.07) is 5.90. The van der Waals surface area contributed by atoms with Gasteiger partial charge >= 0.3 is 5.97 Å². The van der Waals surface area contributed by atoms with Gasteiger partial charge in [0, 0.05) is 17.3 Å². The lowest BCUT2D eigenvalue weighted by Crippen LogP contribution is -2.39. The third-order valence-electron chi connectivity index (χ3n) is 4.53. The normalized spacial score (nSPS) is 19.2. The van der Waals surface area contributed by atoms with E-state index in [0.29, 0.717) is 28.1 Å². The Bertz CT molecular complexity index is 1120. The van der Waals surface area contributed by atoms with Crippen molar-refractivity contribution in [2.45, 2.75) is 19.5 Å². The molecule has 2 unspecified atom stereocenters. The quantitative estimate of drug-likeness (QED) is 0.715. The maximum absolute atomic E-state index is 12.4. The average Bonchev–Trinajstić information content (AvgIpc) is 3.18. The van der Waals surface area contributed by atoms with Crippen LogP contribution in [0.1, 0.15) is 18.5 Å².